The molecule has 4 aliphatic rings. The van der Waals surface area contributed by atoms with Gasteiger partial charge in [-0.15, -0.1) is 11.3 Å². The second-order valence-corrected chi connectivity index (χ2v) is 8.18. The number of thiophene rings is 1. The zero-order valence-electron chi connectivity index (χ0n) is 12.9. The highest BCUT2D eigenvalue weighted by atomic mass is 32.1. The molecule has 114 valence electrons. The van der Waals surface area contributed by atoms with Gasteiger partial charge in [0.2, 0.25) is 0 Å². The van der Waals surface area contributed by atoms with Gasteiger partial charge in [-0.2, -0.15) is 5.10 Å². The summed E-state index contributed by atoms with van der Waals surface area (Å²) < 4.78 is 1.35. The summed E-state index contributed by atoms with van der Waals surface area (Å²) in [5.41, 5.74) is 3.66. The molecule has 4 heteroatoms. The predicted octanol–water partition coefficient (Wildman–Crippen LogP) is 4.00. The van der Waals surface area contributed by atoms with E-state index in [1.54, 1.807) is 0 Å². The standard InChI is InChI=1S/C18H21N3S/c1-21-17(16-10-13-4-2-3-5-15(13)22-16)19-20-18(21)11-12-6-8-14(18)9-7-12/h2-5,10,12,14,20H,6-9,11H2,1H3/t12?,14?,18-/m1/s1. The number of amidine groups is 1. The molecule has 0 unspecified atom stereocenters. The number of nitrogens with one attached hydrogen (secondary N) is 1. The second kappa shape index (κ2) is 4.48. The van der Waals surface area contributed by atoms with E-state index in [0.29, 0.717) is 0 Å². The number of hydrazone groups is 1. The molecule has 1 N–H and O–H groups in total. The normalized spacial score (nSPS) is 33.5. The molecule has 3 nitrogen and oxygen atoms in total. The van der Waals surface area contributed by atoms with Crippen molar-refractivity contribution in [1.29, 1.82) is 0 Å². The lowest BCUT2D eigenvalue weighted by Crippen LogP contribution is -2.62. The Morgan fingerprint density at radius 1 is 1.23 bits per heavy atom. The molecule has 0 amide bonds. The molecule has 1 aromatic heterocycles. The molecule has 2 aromatic rings. The Hall–Kier alpha value is -1.55. The number of rotatable bonds is 1. The Labute approximate surface area is 135 Å². The van der Waals surface area contributed by atoms with Gasteiger partial charge in [0.1, 0.15) is 5.66 Å². The second-order valence-electron chi connectivity index (χ2n) is 7.10. The number of fused-ring (bicyclic) bond motifs is 3. The number of hydrogen-bond acceptors (Lipinski definition) is 4. The Kier molecular flexibility index (Phi) is 2.63. The smallest absolute Gasteiger partial charge is 0.167 e. The van der Waals surface area contributed by atoms with Crippen LogP contribution in [0.3, 0.4) is 0 Å². The van der Waals surface area contributed by atoms with Crippen molar-refractivity contribution in [2.45, 2.75) is 37.8 Å². The average Bonchev–Trinajstić information content (AvgIpc) is 3.11. The Morgan fingerprint density at radius 2 is 2.05 bits per heavy atom. The van der Waals surface area contributed by atoms with Crippen LogP contribution in [0.1, 0.15) is 37.0 Å². The van der Waals surface area contributed by atoms with Crippen molar-refractivity contribution in [3.05, 3.63) is 35.2 Å². The van der Waals surface area contributed by atoms with E-state index in [2.05, 4.69) is 47.7 Å². The third-order valence-electron chi connectivity index (χ3n) is 6.04. The summed E-state index contributed by atoms with van der Waals surface area (Å²) in [6.45, 7) is 0. The van der Waals surface area contributed by atoms with E-state index in [-0.39, 0.29) is 5.66 Å². The van der Waals surface area contributed by atoms with Gasteiger partial charge in [-0.3, -0.25) is 5.43 Å². The van der Waals surface area contributed by atoms with Gasteiger partial charge in [-0.25, -0.2) is 0 Å². The van der Waals surface area contributed by atoms with E-state index in [0.717, 1.165) is 17.7 Å². The van der Waals surface area contributed by atoms with Crippen LogP contribution >= 0.6 is 11.3 Å². The van der Waals surface area contributed by atoms with Crippen molar-refractivity contribution in [2.24, 2.45) is 16.9 Å². The SMILES string of the molecule is CN1C(c2cc3ccccc3s2)=NN[C@]12CC1CCC2CC1. The monoisotopic (exact) mass is 311 g/mol. The van der Waals surface area contributed by atoms with Gasteiger partial charge in [0.15, 0.2) is 5.84 Å². The first-order chi connectivity index (χ1) is 10.8. The highest BCUT2D eigenvalue weighted by Crippen LogP contribution is 2.50. The maximum atomic E-state index is 4.78. The van der Waals surface area contributed by atoms with E-state index in [1.165, 1.54) is 47.1 Å². The van der Waals surface area contributed by atoms with Crippen LogP contribution in [-0.4, -0.2) is 23.4 Å². The van der Waals surface area contributed by atoms with Crippen LogP contribution in [0.25, 0.3) is 10.1 Å². The van der Waals surface area contributed by atoms with Crippen LogP contribution < -0.4 is 5.43 Å². The van der Waals surface area contributed by atoms with E-state index < -0.39 is 0 Å². The zero-order valence-corrected chi connectivity index (χ0v) is 13.7. The molecule has 2 bridgehead atoms. The lowest BCUT2D eigenvalue weighted by atomic mass is 9.64. The van der Waals surface area contributed by atoms with Crippen LogP contribution in [-0.2, 0) is 0 Å². The Morgan fingerprint density at radius 3 is 2.77 bits per heavy atom. The molecule has 1 atom stereocenters. The predicted molar refractivity (Wildman–Crippen MR) is 92.1 cm³/mol. The summed E-state index contributed by atoms with van der Waals surface area (Å²) in [4.78, 5) is 3.74. The minimum absolute atomic E-state index is 0.0900. The molecule has 3 fully saturated rings. The summed E-state index contributed by atoms with van der Waals surface area (Å²) in [6.07, 6.45) is 6.81. The fraction of sp³-hybridized carbons (Fsp3) is 0.500. The summed E-state index contributed by atoms with van der Waals surface area (Å²) in [6, 6.07) is 10.9. The molecule has 22 heavy (non-hydrogen) atoms. The molecule has 0 saturated heterocycles. The van der Waals surface area contributed by atoms with Gasteiger partial charge in [0, 0.05) is 17.7 Å². The fourth-order valence-corrected chi connectivity index (χ4v) is 5.89. The Bertz CT molecular complexity index is 724. The minimum Gasteiger partial charge on any atom is -0.333 e. The van der Waals surface area contributed by atoms with Crippen molar-refractivity contribution >= 4 is 27.3 Å². The molecular formula is C18H21N3S. The third kappa shape index (κ3) is 1.64. The topological polar surface area (TPSA) is 27.6 Å². The number of benzene rings is 1. The Balaban J connectivity index is 1.52. The van der Waals surface area contributed by atoms with Crippen LogP contribution in [0.4, 0.5) is 0 Å². The molecular weight excluding hydrogens is 290 g/mol. The van der Waals surface area contributed by atoms with Crippen LogP contribution in [0.15, 0.2) is 35.4 Å². The molecule has 1 aromatic carbocycles. The highest BCUT2D eigenvalue weighted by molar-refractivity contribution is 7.20. The summed E-state index contributed by atoms with van der Waals surface area (Å²) in [5, 5.41) is 6.10. The minimum atomic E-state index is 0.0900. The average molecular weight is 311 g/mol. The summed E-state index contributed by atoms with van der Waals surface area (Å²) in [7, 11) is 2.24. The fourth-order valence-electron chi connectivity index (χ4n) is 4.80. The molecule has 3 saturated carbocycles. The zero-order chi connectivity index (χ0) is 14.7. The number of hydrogen-bond donors (Lipinski definition) is 1. The first-order valence-corrected chi connectivity index (χ1v) is 9.15. The lowest BCUT2D eigenvalue weighted by Gasteiger charge is -2.52. The van der Waals surface area contributed by atoms with Gasteiger partial charge >= 0.3 is 0 Å². The third-order valence-corrected chi connectivity index (χ3v) is 7.15. The summed E-state index contributed by atoms with van der Waals surface area (Å²) >= 11 is 1.85. The van der Waals surface area contributed by atoms with Crippen LogP contribution in [0.5, 0.6) is 0 Å². The van der Waals surface area contributed by atoms with Gasteiger partial charge in [-0.1, -0.05) is 18.2 Å². The van der Waals surface area contributed by atoms with E-state index >= 15 is 0 Å². The largest absolute Gasteiger partial charge is 0.333 e. The maximum Gasteiger partial charge on any atom is 0.167 e. The van der Waals surface area contributed by atoms with Gasteiger partial charge < -0.3 is 4.90 Å². The van der Waals surface area contributed by atoms with E-state index in [1.807, 2.05) is 11.3 Å². The van der Waals surface area contributed by atoms with E-state index in [4.69, 9.17) is 5.10 Å². The quantitative estimate of drug-likeness (QED) is 0.862. The summed E-state index contributed by atoms with van der Waals surface area (Å²) in [5.74, 6) is 2.77. The van der Waals surface area contributed by atoms with Gasteiger partial charge in [-0.05, 0) is 55.5 Å². The molecule has 6 rings (SSSR count). The molecule has 1 aliphatic heterocycles. The highest BCUT2D eigenvalue weighted by Gasteiger charge is 2.53. The molecule has 3 aliphatic carbocycles. The van der Waals surface area contributed by atoms with Crippen molar-refractivity contribution in [1.82, 2.24) is 10.3 Å². The van der Waals surface area contributed by atoms with E-state index in [9.17, 15) is 0 Å². The maximum absolute atomic E-state index is 4.78. The van der Waals surface area contributed by atoms with Gasteiger partial charge in [0.05, 0.1) is 4.88 Å². The first kappa shape index (κ1) is 12.9. The first-order valence-electron chi connectivity index (χ1n) is 8.34. The number of nitrogens with zero attached hydrogens (tertiary/aromatic N) is 2. The van der Waals surface area contributed by atoms with Crippen molar-refractivity contribution in [3.63, 3.8) is 0 Å². The molecule has 1 spiro atoms. The molecule has 2 heterocycles. The van der Waals surface area contributed by atoms with Crippen molar-refractivity contribution in [2.75, 3.05) is 7.05 Å². The van der Waals surface area contributed by atoms with Crippen LogP contribution in [0.2, 0.25) is 0 Å². The van der Waals surface area contributed by atoms with Crippen molar-refractivity contribution < 1.29 is 0 Å². The molecule has 0 radical (unpaired) electrons. The van der Waals surface area contributed by atoms with Crippen LogP contribution in [0, 0.1) is 11.8 Å². The lowest BCUT2D eigenvalue weighted by molar-refractivity contribution is -0.0196. The van der Waals surface area contributed by atoms with Crippen molar-refractivity contribution in [3.8, 4) is 0 Å². The van der Waals surface area contributed by atoms with Gasteiger partial charge in [0.25, 0.3) is 0 Å².